The number of hydrogen-bond acceptors (Lipinski definition) is 3. The lowest BCUT2D eigenvalue weighted by Gasteiger charge is -2.30. The van der Waals surface area contributed by atoms with Gasteiger partial charge in [-0.1, -0.05) is 31.0 Å². The summed E-state index contributed by atoms with van der Waals surface area (Å²) >= 11 is 0. The summed E-state index contributed by atoms with van der Waals surface area (Å²) in [7, 11) is 1.62. The maximum atomic E-state index is 13.2. The number of carbonyl (C=O) groups is 2. The summed E-state index contributed by atoms with van der Waals surface area (Å²) in [4.78, 5) is 24.3. The van der Waals surface area contributed by atoms with E-state index in [4.69, 9.17) is 4.74 Å². The molecule has 6 heteroatoms. The Morgan fingerprint density at radius 1 is 1.07 bits per heavy atom. The lowest BCUT2D eigenvalue weighted by Crippen LogP contribution is -2.43. The Kier molecular flexibility index (Phi) is 5.74. The van der Waals surface area contributed by atoms with Gasteiger partial charge in [-0.25, -0.2) is 4.39 Å². The number of amides is 2. The Balaban J connectivity index is 1.65. The van der Waals surface area contributed by atoms with Crippen molar-refractivity contribution in [3.63, 3.8) is 0 Å². The third-order valence-corrected chi connectivity index (χ3v) is 5.14. The van der Waals surface area contributed by atoms with E-state index < -0.39 is 17.6 Å². The smallest absolute Gasteiger partial charge is 0.313 e. The van der Waals surface area contributed by atoms with Gasteiger partial charge < -0.3 is 15.4 Å². The Labute approximate surface area is 157 Å². The number of ether oxygens (including phenoxy) is 1. The molecular formula is C21H23FN2O3. The van der Waals surface area contributed by atoms with Crippen molar-refractivity contribution in [3.05, 3.63) is 59.9 Å². The highest BCUT2D eigenvalue weighted by atomic mass is 19.1. The highest BCUT2D eigenvalue weighted by molar-refractivity contribution is 6.39. The first-order valence-corrected chi connectivity index (χ1v) is 9.02. The van der Waals surface area contributed by atoms with Crippen molar-refractivity contribution in [1.29, 1.82) is 0 Å². The molecule has 1 aliphatic carbocycles. The molecule has 2 aromatic rings. The molecule has 27 heavy (non-hydrogen) atoms. The molecule has 5 nitrogen and oxygen atoms in total. The lowest BCUT2D eigenvalue weighted by atomic mass is 9.78. The van der Waals surface area contributed by atoms with Crippen molar-refractivity contribution in [2.75, 3.05) is 19.0 Å². The molecule has 2 N–H and O–H groups in total. The van der Waals surface area contributed by atoms with Gasteiger partial charge in [0.25, 0.3) is 0 Å². The van der Waals surface area contributed by atoms with Crippen LogP contribution in [0.1, 0.15) is 31.2 Å². The number of rotatable bonds is 5. The zero-order valence-corrected chi connectivity index (χ0v) is 15.3. The first-order chi connectivity index (χ1) is 13.0. The normalized spacial score (nSPS) is 15.2. The maximum absolute atomic E-state index is 13.2. The molecule has 0 unspecified atom stereocenters. The van der Waals surface area contributed by atoms with Crippen LogP contribution in [0.3, 0.4) is 0 Å². The molecule has 3 rings (SSSR count). The highest BCUT2D eigenvalue weighted by Gasteiger charge is 2.36. The van der Waals surface area contributed by atoms with Gasteiger partial charge in [-0.05, 0) is 48.7 Å². The highest BCUT2D eigenvalue weighted by Crippen LogP contribution is 2.41. The number of hydrogen-bond donors (Lipinski definition) is 2. The largest absolute Gasteiger partial charge is 0.497 e. The van der Waals surface area contributed by atoms with Gasteiger partial charge in [-0.15, -0.1) is 0 Å². The molecule has 0 spiro atoms. The fourth-order valence-corrected chi connectivity index (χ4v) is 3.65. The molecule has 2 aromatic carbocycles. The van der Waals surface area contributed by atoms with Crippen LogP contribution in [0, 0.1) is 5.82 Å². The van der Waals surface area contributed by atoms with Gasteiger partial charge in [0.15, 0.2) is 0 Å². The van der Waals surface area contributed by atoms with Gasteiger partial charge >= 0.3 is 11.8 Å². The monoisotopic (exact) mass is 370 g/mol. The van der Waals surface area contributed by atoms with Crippen LogP contribution in [-0.2, 0) is 15.0 Å². The number of halogens is 1. The van der Waals surface area contributed by atoms with Crippen LogP contribution in [-0.4, -0.2) is 25.5 Å². The molecule has 0 heterocycles. The topological polar surface area (TPSA) is 67.4 Å². The zero-order valence-electron chi connectivity index (χ0n) is 15.3. The number of methoxy groups -OCH3 is 1. The van der Waals surface area contributed by atoms with Crippen molar-refractivity contribution in [3.8, 4) is 5.75 Å². The van der Waals surface area contributed by atoms with E-state index >= 15 is 0 Å². The van der Waals surface area contributed by atoms with E-state index in [1.807, 2.05) is 24.3 Å². The summed E-state index contributed by atoms with van der Waals surface area (Å²) in [6.45, 7) is 0.384. The van der Waals surface area contributed by atoms with Gasteiger partial charge in [0.1, 0.15) is 11.6 Å². The summed E-state index contributed by atoms with van der Waals surface area (Å²) in [5, 5.41) is 5.17. The Morgan fingerprint density at radius 3 is 2.41 bits per heavy atom. The van der Waals surface area contributed by atoms with Crippen molar-refractivity contribution >= 4 is 17.5 Å². The predicted octanol–water partition coefficient (Wildman–Crippen LogP) is 3.40. The summed E-state index contributed by atoms with van der Waals surface area (Å²) in [6, 6.07) is 13.3. The van der Waals surface area contributed by atoms with E-state index in [1.54, 1.807) is 7.11 Å². The van der Waals surface area contributed by atoms with E-state index in [0.29, 0.717) is 6.54 Å². The van der Waals surface area contributed by atoms with E-state index in [0.717, 1.165) is 37.0 Å². The van der Waals surface area contributed by atoms with Crippen LogP contribution >= 0.6 is 0 Å². The van der Waals surface area contributed by atoms with E-state index in [-0.39, 0.29) is 11.1 Å². The van der Waals surface area contributed by atoms with Crippen LogP contribution in [0.5, 0.6) is 5.75 Å². The SMILES string of the molecule is COc1ccc(C2(CNC(=O)C(=O)Nc3cccc(F)c3)CCCC2)cc1. The quantitative estimate of drug-likeness (QED) is 0.793. The van der Waals surface area contributed by atoms with Gasteiger partial charge in [0.2, 0.25) is 0 Å². The number of carbonyl (C=O) groups excluding carboxylic acids is 2. The second-order valence-corrected chi connectivity index (χ2v) is 6.86. The minimum Gasteiger partial charge on any atom is -0.497 e. The Hall–Kier alpha value is -2.89. The second kappa shape index (κ2) is 8.20. The molecule has 2 amide bonds. The molecule has 0 aliphatic heterocycles. The summed E-state index contributed by atoms with van der Waals surface area (Å²) in [5.41, 5.74) is 1.20. The first kappa shape index (κ1) is 18.9. The fourth-order valence-electron chi connectivity index (χ4n) is 3.65. The third kappa shape index (κ3) is 4.45. The minimum atomic E-state index is -0.802. The molecular weight excluding hydrogens is 347 g/mol. The average Bonchev–Trinajstić information content (AvgIpc) is 3.16. The van der Waals surface area contributed by atoms with Crippen molar-refractivity contribution in [1.82, 2.24) is 5.32 Å². The van der Waals surface area contributed by atoms with Crippen LogP contribution in [0.15, 0.2) is 48.5 Å². The Morgan fingerprint density at radius 2 is 1.78 bits per heavy atom. The van der Waals surface area contributed by atoms with E-state index in [2.05, 4.69) is 10.6 Å². The van der Waals surface area contributed by atoms with Gasteiger partial charge in [0.05, 0.1) is 7.11 Å². The minimum absolute atomic E-state index is 0.179. The number of benzene rings is 2. The second-order valence-electron chi connectivity index (χ2n) is 6.86. The Bertz CT molecular complexity index is 814. The first-order valence-electron chi connectivity index (χ1n) is 9.02. The van der Waals surface area contributed by atoms with Gasteiger partial charge in [0, 0.05) is 17.6 Å². The molecule has 0 atom stereocenters. The summed E-state index contributed by atoms with van der Waals surface area (Å²) in [5.74, 6) is -1.22. The molecule has 0 bridgehead atoms. The molecule has 0 aromatic heterocycles. The fraction of sp³-hybridized carbons (Fsp3) is 0.333. The summed E-state index contributed by atoms with van der Waals surface area (Å²) in [6.07, 6.45) is 4.06. The number of nitrogens with one attached hydrogen (secondary N) is 2. The predicted molar refractivity (Wildman–Crippen MR) is 101 cm³/mol. The lowest BCUT2D eigenvalue weighted by molar-refractivity contribution is -0.136. The van der Waals surface area contributed by atoms with Crippen LogP contribution < -0.4 is 15.4 Å². The zero-order chi connectivity index (χ0) is 19.3. The van der Waals surface area contributed by atoms with Crippen molar-refractivity contribution in [2.24, 2.45) is 0 Å². The van der Waals surface area contributed by atoms with Crippen LogP contribution in [0.4, 0.5) is 10.1 Å². The van der Waals surface area contributed by atoms with Crippen LogP contribution in [0.2, 0.25) is 0 Å². The van der Waals surface area contributed by atoms with Crippen molar-refractivity contribution in [2.45, 2.75) is 31.1 Å². The third-order valence-electron chi connectivity index (χ3n) is 5.14. The maximum Gasteiger partial charge on any atom is 0.313 e. The summed E-state index contributed by atoms with van der Waals surface area (Å²) < 4.78 is 18.4. The standard InChI is InChI=1S/C21H23FN2O3/c1-27-18-9-7-15(8-10-18)21(11-2-3-12-21)14-23-19(25)20(26)24-17-6-4-5-16(22)13-17/h4-10,13H,2-3,11-12,14H2,1H3,(H,23,25)(H,24,26). The van der Waals surface area contributed by atoms with Gasteiger partial charge in [-0.3, -0.25) is 9.59 Å². The molecule has 1 fully saturated rings. The van der Waals surface area contributed by atoms with Crippen molar-refractivity contribution < 1.29 is 18.7 Å². The average molecular weight is 370 g/mol. The van der Waals surface area contributed by atoms with E-state index in [1.165, 1.54) is 24.3 Å². The van der Waals surface area contributed by atoms with E-state index in [9.17, 15) is 14.0 Å². The molecule has 0 saturated heterocycles. The number of anilines is 1. The van der Waals surface area contributed by atoms with Gasteiger partial charge in [-0.2, -0.15) is 0 Å². The molecule has 0 radical (unpaired) electrons. The molecule has 1 saturated carbocycles. The molecule has 1 aliphatic rings. The van der Waals surface area contributed by atoms with Crippen LogP contribution in [0.25, 0.3) is 0 Å². The molecule has 142 valence electrons.